The third-order valence-electron chi connectivity index (χ3n) is 5.82. The number of hydrogen-bond acceptors (Lipinski definition) is 5. The molecule has 0 radical (unpaired) electrons. The summed E-state index contributed by atoms with van der Waals surface area (Å²) >= 11 is 0. The zero-order valence-electron chi connectivity index (χ0n) is 18.6. The zero-order valence-corrected chi connectivity index (χ0v) is 18.6. The second kappa shape index (κ2) is 8.62. The Morgan fingerprint density at radius 3 is 2.26 bits per heavy atom. The van der Waals surface area contributed by atoms with Crippen LogP contribution in [0.3, 0.4) is 0 Å². The smallest absolute Gasteiger partial charge is 0.300 e. The summed E-state index contributed by atoms with van der Waals surface area (Å²) in [5.74, 6) is -3.90. The second-order valence-electron chi connectivity index (χ2n) is 7.99. The highest BCUT2D eigenvalue weighted by Gasteiger charge is 2.47. The fourth-order valence-corrected chi connectivity index (χ4v) is 4.14. The first-order valence-electron chi connectivity index (χ1n) is 10.3. The Morgan fingerprint density at radius 2 is 1.65 bits per heavy atom. The number of aliphatic hydroxyl groups is 1. The predicted molar refractivity (Wildman–Crippen MR) is 122 cm³/mol. The maximum absolute atomic E-state index is 14.7. The number of methoxy groups -OCH3 is 1. The fraction of sp³-hybridized carbons (Fsp3) is 0.154. The highest BCUT2D eigenvalue weighted by molar-refractivity contribution is 6.51. The van der Waals surface area contributed by atoms with Crippen molar-refractivity contribution in [3.8, 4) is 11.5 Å². The van der Waals surface area contributed by atoms with Crippen LogP contribution in [0.15, 0.2) is 60.2 Å². The largest absolute Gasteiger partial charge is 0.508 e. The standard InChI is InChI=1S/C26H21F2NO5/c1-13-11-21(34-3)14(2)10-18(13)24(31)22-23(15-4-7-17(30)8-5-15)29(26(33)25(22)32)20-9-6-16(27)12-19(20)28/h4-12,23,30-31H,1-3H3/b24-22+. The van der Waals surface area contributed by atoms with Crippen LogP contribution in [-0.2, 0) is 9.59 Å². The quantitative estimate of drug-likeness (QED) is 0.324. The number of carbonyl (C=O) groups excluding carboxylic acids is 2. The number of anilines is 1. The molecule has 0 aromatic heterocycles. The molecule has 1 fully saturated rings. The van der Waals surface area contributed by atoms with E-state index < -0.39 is 35.1 Å². The molecule has 1 aliphatic rings. The minimum Gasteiger partial charge on any atom is -0.508 e. The van der Waals surface area contributed by atoms with E-state index in [2.05, 4.69) is 0 Å². The molecule has 8 heteroatoms. The summed E-state index contributed by atoms with van der Waals surface area (Å²) in [6.07, 6.45) is 0. The number of halogens is 2. The van der Waals surface area contributed by atoms with Gasteiger partial charge in [-0.05, 0) is 66.9 Å². The van der Waals surface area contributed by atoms with Crippen LogP contribution in [0.1, 0.15) is 28.3 Å². The number of carbonyl (C=O) groups is 2. The number of rotatable bonds is 4. The molecular formula is C26H21F2NO5. The number of amides is 1. The minimum atomic E-state index is -1.22. The van der Waals surface area contributed by atoms with Crippen molar-refractivity contribution in [2.75, 3.05) is 12.0 Å². The third kappa shape index (κ3) is 3.77. The molecular weight excluding hydrogens is 444 g/mol. The minimum absolute atomic E-state index is 0.0599. The van der Waals surface area contributed by atoms with Crippen LogP contribution < -0.4 is 9.64 Å². The molecule has 174 valence electrons. The highest BCUT2D eigenvalue weighted by Crippen LogP contribution is 2.44. The van der Waals surface area contributed by atoms with Crippen molar-refractivity contribution in [2.24, 2.45) is 0 Å². The molecule has 1 saturated heterocycles. The SMILES string of the molecule is COc1cc(C)c(/C(O)=C2\C(=O)C(=O)N(c3ccc(F)cc3F)C2c2ccc(O)cc2)cc1C. The second-order valence-corrected chi connectivity index (χ2v) is 7.99. The third-order valence-corrected chi connectivity index (χ3v) is 5.82. The van der Waals surface area contributed by atoms with E-state index in [1.165, 1.54) is 31.4 Å². The number of nitrogens with zero attached hydrogens (tertiary/aromatic N) is 1. The number of aromatic hydroxyl groups is 1. The van der Waals surface area contributed by atoms with Gasteiger partial charge in [-0.1, -0.05) is 12.1 Å². The van der Waals surface area contributed by atoms with Gasteiger partial charge < -0.3 is 14.9 Å². The number of phenolic OH excluding ortho intramolecular Hbond substituents is 1. The van der Waals surface area contributed by atoms with E-state index in [4.69, 9.17) is 4.74 Å². The molecule has 3 aromatic rings. The lowest BCUT2D eigenvalue weighted by molar-refractivity contribution is -0.132. The Hall–Kier alpha value is -4.20. The van der Waals surface area contributed by atoms with Gasteiger partial charge in [0.25, 0.3) is 11.7 Å². The van der Waals surface area contributed by atoms with Gasteiger partial charge in [-0.15, -0.1) is 0 Å². The van der Waals surface area contributed by atoms with Gasteiger partial charge in [0.05, 0.1) is 24.4 Å². The number of aliphatic hydroxyl groups excluding tert-OH is 1. The van der Waals surface area contributed by atoms with Crippen molar-refractivity contribution in [2.45, 2.75) is 19.9 Å². The van der Waals surface area contributed by atoms with Crippen LogP contribution in [0, 0.1) is 25.5 Å². The molecule has 1 amide bonds. The van der Waals surface area contributed by atoms with Gasteiger partial charge in [0.2, 0.25) is 0 Å². The lowest BCUT2D eigenvalue weighted by Crippen LogP contribution is -2.30. The molecule has 1 unspecified atom stereocenters. The molecule has 0 spiro atoms. The number of ether oxygens (including phenoxy) is 1. The van der Waals surface area contributed by atoms with Crippen LogP contribution in [0.4, 0.5) is 14.5 Å². The van der Waals surface area contributed by atoms with Crippen LogP contribution in [0.25, 0.3) is 5.76 Å². The molecule has 4 rings (SSSR count). The van der Waals surface area contributed by atoms with E-state index in [1.807, 2.05) is 0 Å². The van der Waals surface area contributed by atoms with Crippen LogP contribution in [0.2, 0.25) is 0 Å². The lowest BCUT2D eigenvalue weighted by atomic mass is 9.93. The molecule has 1 atom stereocenters. The molecule has 0 bridgehead atoms. The van der Waals surface area contributed by atoms with E-state index in [0.29, 0.717) is 34.1 Å². The molecule has 1 aliphatic heterocycles. The lowest BCUT2D eigenvalue weighted by Gasteiger charge is -2.26. The number of hydrogen-bond donors (Lipinski definition) is 2. The van der Waals surface area contributed by atoms with Gasteiger partial charge in [0, 0.05) is 11.6 Å². The normalized spacial score (nSPS) is 17.3. The molecule has 0 saturated carbocycles. The molecule has 0 aliphatic carbocycles. The summed E-state index contributed by atoms with van der Waals surface area (Å²) < 4.78 is 33.6. The summed E-state index contributed by atoms with van der Waals surface area (Å²) in [6, 6.07) is 10.4. The number of aryl methyl sites for hydroxylation is 2. The van der Waals surface area contributed by atoms with Crippen LogP contribution >= 0.6 is 0 Å². The number of ketones is 1. The first kappa shape index (κ1) is 23.0. The van der Waals surface area contributed by atoms with E-state index in [1.54, 1.807) is 26.0 Å². The maximum Gasteiger partial charge on any atom is 0.300 e. The van der Waals surface area contributed by atoms with Crippen molar-refractivity contribution < 1.29 is 33.3 Å². The van der Waals surface area contributed by atoms with Gasteiger partial charge in [-0.2, -0.15) is 0 Å². The van der Waals surface area contributed by atoms with E-state index in [0.717, 1.165) is 17.0 Å². The molecule has 1 heterocycles. The summed E-state index contributed by atoms with van der Waals surface area (Å²) in [5, 5.41) is 21.0. The number of benzene rings is 3. The average Bonchev–Trinajstić information content (AvgIpc) is 3.05. The molecule has 3 aromatic carbocycles. The Kier molecular flexibility index (Phi) is 5.83. The number of phenols is 1. The monoisotopic (exact) mass is 465 g/mol. The van der Waals surface area contributed by atoms with E-state index in [-0.39, 0.29) is 17.0 Å². The van der Waals surface area contributed by atoms with Crippen molar-refractivity contribution in [1.29, 1.82) is 0 Å². The van der Waals surface area contributed by atoms with E-state index >= 15 is 0 Å². The van der Waals surface area contributed by atoms with Gasteiger partial charge in [0.1, 0.15) is 28.9 Å². The summed E-state index contributed by atoms with van der Waals surface area (Å²) in [7, 11) is 1.51. The topological polar surface area (TPSA) is 87.1 Å². The zero-order chi connectivity index (χ0) is 24.7. The first-order valence-corrected chi connectivity index (χ1v) is 10.3. The molecule has 34 heavy (non-hydrogen) atoms. The molecule has 6 nitrogen and oxygen atoms in total. The van der Waals surface area contributed by atoms with Gasteiger partial charge in [-0.25, -0.2) is 8.78 Å². The van der Waals surface area contributed by atoms with Crippen molar-refractivity contribution in [1.82, 2.24) is 0 Å². The Bertz CT molecular complexity index is 1350. The van der Waals surface area contributed by atoms with Crippen LogP contribution in [0.5, 0.6) is 11.5 Å². The van der Waals surface area contributed by atoms with Crippen molar-refractivity contribution >= 4 is 23.1 Å². The Balaban J connectivity index is 1.99. The first-order chi connectivity index (χ1) is 16.1. The average molecular weight is 465 g/mol. The Morgan fingerprint density at radius 1 is 0.971 bits per heavy atom. The maximum atomic E-state index is 14.7. The number of Topliss-reactive ketones (excluding diaryl/α,β-unsaturated/α-hetero) is 1. The fourth-order valence-electron chi connectivity index (χ4n) is 4.14. The van der Waals surface area contributed by atoms with Crippen molar-refractivity contribution in [3.05, 3.63) is 94.1 Å². The van der Waals surface area contributed by atoms with Gasteiger partial charge in [0.15, 0.2) is 0 Å². The molecule has 2 N–H and O–H groups in total. The van der Waals surface area contributed by atoms with Gasteiger partial charge >= 0.3 is 0 Å². The van der Waals surface area contributed by atoms with E-state index in [9.17, 15) is 28.6 Å². The summed E-state index contributed by atoms with van der Waals surface area (Å²) in [4.78, 5) is 27.2. The van der Waals surface area contributed by atoms with Crippen LogP contribution in [-0.4, -0.2) is 29.0 Å². The van der Waals surface area contributed by atoms with Crippen molar-refractivity contribution in [3.63, 3.8) is 0 Å². The highest BCUT2D eigenvalue weighted by atomic mass is 19.1. The predicted octanol–water partition coefficient (Wildman–Crippen LogP) is 4.92. The Labute approximate surface area is 194 Å². The summed E-state index contributed by atoms with van der Waals surface area (Å²) in [5.41, 5.74) is 1.35. The van der Waals surface area contributed by atoms with Gasteiger partial charge in [-0.3, -0.25) is 14.5 Å². The summed E-state index contributed by atoms with van der Waals surface area (Å²) in [6.45, 7) is 3.47.